The van der Waals surface area contributed by atoms with E-state index in [-0.39, 0.29) is 16.6 Å². The first-order valence-electron chi connectivity index (χ1n) is 6.45. The van der Waals surface area contributed by atoms with E-state index in [4.69, 9.17) is 16.3 Å². The smallest absolute Gasteiger partial charge is 0.242 e. The Labute approximate surface area is 142 Å². The second kappa shape index (κ2) is 7.41. The minimum Gasteiger partial charge on any atom is -0.494 e. The molecule has 0 unspecified atom stereocenters. The average Bonchev–Trinajstić information content (AvgIpc) is 2.49. The van der Waals surface area contributed by atoms with Gasteiger partial charge < -0.3 is 4.74 Å². The summed E-state index contributed by atoms with van der Waals surface area (Å²) in [5, 5.41) is 0.209. The lowest BCUT2D eigenvalue weighted by Gasteiger charge is -2.11. The van der Waals surface area contributed by atoms with Gasteiger partial charge in [0.1, 0.15) is 15.8 Å². The van der Waals surface area contributed by atoms with E-state index in [1.807, 2.05) is 25.1 Å². The maximum Gasteiger partial charge on any atom is 0.242 e. The number of nitrogens with zero attached hydrogens (tertiary/aromatic N) is 1. The van der Waals surface area contributed by atoms with Gasteiger partial charge in [0, 0.05) is 18.3 Å². The third-order valence-corrected chi connectivity index (χ3v) is 5.31. The van der Waals surface area contributed by atoms with E-state index in [1.165, 1.54) is 12.3 Å². The van der Waals surface area contributed by atoms with E-state index < -0.39 is 10.0 Å². The van der Waals surface area contributed by atoms with E-state index in [2.05, 4.69) is 25.6 Å². The summed E-state index contributed by atoms with van der Waals surface area (Å²) in [6, 6.07) is 8.68. The van der Waals surface area contributed by atoms with Crippen LogP contribution in [0.25, 0.3) is 0 Å². The molecule has 0 atom stereocenters. The highest BCUT2D eigenvalue weighted by molar-refractivity contribution is 9.10. The van der Waals surface area contributed by atoms with E-state index in [1.54, 1.807) is 6.07 Å². The Morgan fingerprint density at radius 1 is 1.36 bits per heavy atom. The van der Waals surface area contributed by atoms with Crippen LogP contribution < -0.4 is 9.46 Å². The van der Waals surface area contributed by atoms with Gasteiger partial charge in [-0.15, -0.1) is 0 Å². The Balaban J connectivity index is 2.18. The maximum atomic E-state index is 12.3. The first kappa shape index (κ1) is 17.2. The van der Waals surface area contributed by atoms with Crippen LogP contribution in [0, 0.1) is 0 Å². The molecular formula is C14H14BrClN2O3S. The van der Waals surface area contributed by atoms with E-state index in [0.717, 1.165) is 5.56 Å². The zero-order valence-corrected chi connectivity index (χ0v) is 14.9. The molecule has 2 aromatic rings. The molecule has 0 aliphatic heterocycles. The van der Waals surface area contributed by atoms with Gasteiger partial charge in [0.2, 0.25) is 10.0 Å². The SMILES string of the molecule is CCOc1ccccc1CNS(=O)(=O)c1cnc(Cl)c(Br)c1. The first-order chi connectivity index (χ1) is 10.4. The van der Waals surface area contributed by atoms with Crippen LogP contribution in [0.15, 0.2) is 45.9 Å². The number of nitrogens with one attached hydrogen (secondary N) is 1. The summed E-state index contributed by atoms with van der Waals surface area (Å²) in [5.41, 5.74) is 0.758. The molecule has 0 aliphatic rings. The molecule has 1 aromatic heterocycles. The summed E-state index contributed by atoms with van der Waals surface area (Å²) in [4.78, 5) is 3.86. The van der Waals surface area contributed by atoms with Crippen LogP contribution in [0.3, 0.4) is 0 Å². The van der Waals surface area contributed by atoms with Crippen LogP contribution in [0.2, 0.25) is 5.15 Å². The van der Waals surface area contributed by atoms with Gasteiger partial charge in [-0.05, 0) is 35.0 Å². The predicted octanol–water partition coefficient (Wildman–Crippen LogP) is 3.37. The second-order valence-corrected chi connectivity index (χ2v) is 7.29. The van der Waals surface area contributed by atoms with Gasteiger partial charge in [0.05, 0.1) is 11.1 Å². The lowest BCUT2D eigenvalue weighted by atomic mass is 10.2. The summed E-state index contributed by atoms with van der Waals surface area (Å²) >= 11 is 8.93. The lowest BCUT2D eigenvalue weighted by molar-refractivity contribution is 0.336. The van der Waals surface area contributed by atoms with Crippen molar-refractivity contribution in [3.8, 4) is 5.75 Å². The van der Waals surface area contributed by atoms with Gasteiger partial charge in [-0.3, -0.25) is 0 Å². The molecule has 0 saturated carbocycles. The Bertz CT molecular complexity index is 768. The normalized spacial score (nSPS) is 11.4. The standard InChI is InChI=1S/C14H14BrClN2O3S/c1-2-21-13-6-4-3-5-10(13)8-18-22(19,20)11-7-12(15)14(16)17-9-11/h3-7,9,18H,2,8H2,1H3. The van der Waals surface area contributed by atoms with Gasteiger partial charge >= 0.3 is 0 Å². The van der Waals surface area contributed by atoms with E-state index in [0.29, 0.717) is 16.8 Å². The topological polar surface area (TPSA) is 68.3 Å². The molecule has 2 rings (SSSR count). The van der Waals surface area contributed by atoms with Crippen molar-refractivity contribution >= 4 is 37.6 Å². The Hall–Kier alpha value is -1.15. The number of hydrogen-bond donors (Lipinski definition) is 1. The molecule has 22 heavy (non-hydrogen) atoms. The molecule has 0 bridgehead atoms. The monoisotopic (exact) mass is 404 g/mol. The van der Waals surface area contributed by atoms with Crippen LogP contribution >= 0.6 is 27.5 Å². The van der Waals surface area contributed by atoms with Crippen molar-refractivity contribution in [2.24, 2.45) is 0 Å². The molecule has 0 amide bonds. The Morgan fingerprint density at radius 2 is 2.09 bits per heavy atom. The van der Waals surface area contributed by atoms with Crippen LogP contribution in [0.1, 0.15) is 12.5 Å². The van der Waals surface area contributed by atoms with Crippen molar-refractivity contribution in [1.82, 2.24) is 9.71 Å². The van der Waals surface area contributed by atoms with Gasteiger partial charge in [-0.2, -0.15) is 0 Å². The molecule has 1 aromatic carbocycles. The van der Waals surface area contributed by atoms with Gasteiger partial charge in [0.15, 0.2) is 0 Å². The van der Waals surface area contributed by atoms with Crippen molar-refractivity contribution in [1.29, 1.82) is 0 Å². The number of pyridine rings is 1. The van der Waals surface area contributed by atoms with E-state index >= 15 is 0 Å². The molecule has 1 heterocycles. The van der Waals surface area contributed by atoms with Crippen LogP contribution in [0.4, 0.5) is 0 Å². The highest BCUT2D eigenvalue weighted by Crippen LogP contribution is 2.23. The number of rotatable bonds is 6. The minimum atomic E-state index is -3.69. The molecule has 8 heteroatoms. The number of ether oxygens (including phenoxy) is 1. The molecular weight excluding hydrogens is 392 g/mol. The van der Waals surface area contributed by atoms with E-state index in [9.17, 15) is 8.42 Å². The van der Waals surface area contributed by atoms with Crippen molar-refractivity contribution in [2.45, 2.75) is 18.4 Å². The fourth-order valence-corrected chi connectivity index (χ4v) is 3.33. The highest BCUT2D eigenvalue weighted by atomic mass is 79.9. The summed E-state index contributed by atoms with van der Waals surface area (Å²) < 4.78 is 33.0. The third-order valence-electron chi connectivity index (χ3n) is 2.81. The minimum absolute atomic E-state index is 0.0395. The summed E-state index contributed by atoms with van der Waals surface area (Å²) in [6.07, 6.45) is 1.21. The van der Waals surface area contributed by atoms with Crippen LogP contribution in [0.5, 0.6) is 5.75 Å². The molecule has 118 valence electrons. The molecule has 1 N–H and O–H groups in total. The summed E-state index contributed by atoms with van der Waals surface area (Å²) in [5.74, 6) is 0.656. The Morgan fingerprint density at radius 3 is 2.77 bits per heavy atom. The van der Waals surface area contributed by atoms with Crippen molar-refractivity contribution in [2.75, 3.05) is 6.61 Å². The average molecular weight is 406 g/mol. The lowest BCUT2D eigenvalue weighted by Crippen LogP contribution is -2.23. The molecule has 5 nitrogen and oxygen atoms in total. The number of benzene rings is 1. The number of aromatic nitrogens is 1. The Kier molecular flexibility index (Phi) is 5.80. The zero-order chi connectivity index (χ0) is 16.2. The van der Waals surface area contributed by atoms with Gasteiger partial charge in [-0.25, -0.2) is 18.1 Å². The van der Waals surface area contributed by atoms with Crippen molar-refractivity contribution in [3.63, 3.8) is 0 Å². The quantitative estimate of drug-likeness (QED) is 0.748. The van der Waals surface area contributed by atoms with Crippen molar-refractivity contribution < 1.29 is 13.2 Å². The molecule has 0 spiro atoms. The first-order valence-corrected chi connectivity index (χ1v) is 9.11. The fourth-order valence-electron chi connectivity index (χ4n) is 1.75. The number of sulfonamides is 1. The van der Waals surface area contributed by atoms with Gasteiger partial charge in [-0.1, -0.05) is 29.8 Å². The van der Waals surface area contributed by atoms with Gasteiger partial charge in [0.25, 0.3) is 0 Å². The summed E-state index contributed by atoms with van der Waals surface area (Å²) in [7, 11) is -3.69. The number of para-hydroxylation sites is 1. The number of hydrogen-bond acceptors (Lipinski definition) is 4. The number of halogens is 2. The maximum absolute atomic E-state index is 12.3. The van der Waals surface area contributed by atoms with Crippen LogP contribution in [-0.2, 0) is 16.6 Å². The zero-order valence-electron chi connectivity index (χ0n) is 11.7. The highest BCUT2D eigenvalue weighted by Gasteiger charge is 2.16. The third kappa shape index (κ3) is 4.19. The van der Waals surface area contributed by atoms with Crippen LogP contribution in [-0.4, -0.2) is 20.0 Å². The summed E-state index contributed by atoms with van der Waals surface area (Å²) in [6.45, 7) is 2.51. The largest absolute Gasteiger partial charge is 0.494 e. The molecule has 0 fully saturated rings. The molecule has 0 aliphatic carbocycles. The molecule has 0 radical (unpaired) electrons. The predicted molar refractivity (Wildman–Crippen MR) is 88.6 cm³/mol. The second-order valence-electron chi connectivity index (χ2n) is 4.31. The van der Waals surface area contributed by atoms with Crippen molar-refractivity contribution in [3.05, 3.63) is 51.7 Å². The fraction of sp³-hybridized carbons (Fsp3) is 0.214. The molecule has 0 saturated heterocycles.